The maximum absolute atomic E-state index is 12.6. The molecule has 0 saturated heterocycles. The fourth-order valence-electron chi connectivity index (χ4n) is 4.25. The lowest BCUT2D eigenvalue weighted by atomic mass is 9.86. The summed E-state index contributed by atoms with van der Waals surface area (Å²) < 4.78 is 5.61. The van der Waals surface area contributed by atoms with Crippen molar-refractivity contribution in [1.29, 1.82) is 0 Å². The van der Waals surface area contributed by atoms with Crippen LogP contribution in [0.4, 0.5) is 5.69 Å². The molecule has 0 aliphatic heterocycles. The first-order valence-electron chi connectivity index (χ1n) is 11.9. The highest BCUT2D eigenvalue weighted by Gasteiger charge is 2.16. The molecule has 0 aliphatic carbocycles. The average molecular weight is 478 g/mol. The largest absolute Gasteiger partial charge is 0.423 e. The summed E-state index contributed by atoms with van der Waals surface area (Å²) in [5.41, 5.74) is 7.43. The number of hydrogen-bond donors (Lipinski definition) is 0. The van der Waals surface area contributed by atoms with Crippen LogP contribution < -0.4 is 4.74 Å². The Morgan fingerprint density at radius 2 is 0.865 bits per heavy atom. The molecule has 0 aliphatic rings. The van der Waals surface area contributed by atoms with Crippen molar-refractivity contribution in [2.75, 3.05) is 0 Å². The third kappa shape index (κ3) is 5.40. The van der Waals surface area contributed by atoms with E-state index in [0.717, 1.165) is 33.4 Å². The third-order valence-electron chi connectivity index (χ3n) is 6.02. The molecule has 3 nitrogen and oxygen atoms in total. The number of benzene rings is 5. The van der Waals surface area contributed by atoms with Gasteiger partial charge in [-0.1, -0.05) is 127 Å². The van der Waals surface area contributed by atoms with Crippen LogP contribution >= 0.6 is 0 Å². The molecule has 0 amide bonds. The van der Waals surface area contributed by atoms with Crippen LogP contribution in [-0.2, 0) is 0 Å². The van der Waals surface area contributed by atoms with Gasteiger partial charge in [0.25, 0.3) is 0 Å². The van der Waals surface area contributed by atoms with Crippen LogP contribution in [-0.4, -0.2) is 5.97 Å². The number of nitrogens with zero attached hydrogens (tertiary/aromatic N) is 1. The summed E-state index contributed by atoms with van der Waals surface area (Å²) >= 11 is 0. The first-order valence-corrected chi connectivity index (χ1v) is 11.9. The molecule has 0 aromatic heterocycles. The van der Waals surface area contributed by atoms with Crippen LogP contribution in [0.3, 0.4) is 0 Å². The quantitative estimate of drug-likeness (QED) is 0.106. The lowest BCUT2D eigenvalue weighted by molar-refractivity contribution is 0.0735. The molecule has 3 heteroatoms. The van der Waals surface area contributed by atoms with Crippen LogP contribution in [0.5, 0.6) is 5.75 Å². The summed E-state index contributed by atoms with van der Waals surface area (Å²) in [5.74, 6) is -0.00578. The highest BCUT2D eigenvalue weighted by atomic mass is 16.5. The summed E-state index contributed by atoms with van der Waals surface area (Å²) in [6, 6.07) is 45.1. The monoisotopic (exact) mass is 477 g/mol. The van der Waals surface area contributed by atoms with E-state index in [1.54, 1.807) is 24.3 Å². The number of ether oxygens (including phenoxy) is 1. The summed E-state index contributed by atoms with van der Waals surface area (Å²) in [4.78, 5) is 16.0. The van der Waals surface area contributed by atoms with E-state index in [4.69, 9.17) is 11.3 Å². The van der Waals surface area contributed by atoms with Gasteiger partial charge in [-0.3, -0.25) is 0 Å². The Morgan fingerprint density at radius 3 is 1.27 bits per heavy atom. The van der Waals surface area contributed by atoms with E-state index in [0.29, 0.717) is 17.0 Å². The smallest absolute Gasteiger partial charge is 0.343 e. The van der Waals surface area contributed by atoms with E-state index in [-0.39, 0.29) is 0 Å². The molecule has 0 spiro atoms. The van der Waals surface area contributed by atoms with Crippen LogP contribution in [0.15, 0.2) is 140 Å². The Hall–Kier alpha value is -5.20. The molecule has 37 heavy (non-hydrogen) atoms. The molecule has 0 N–H and O–H groups in total. The van der Waals surface area contributed by atoms with Gasteiger partial charge in [-0.25, -0.2) is 9.64 Å². The molecular weight excluding hydrogens is 454 g/mol. The fourth-order valence-corrected chi connectivity index (χ4v) is 4.25. The van der Waals surface area contributed by atoms with Gasteiger partial charge in [0.2, 0.25) is 0 Å². The van der Waals surface area contributed by atoms with Crippen LogP contribution in [0.25, 0.3) is 16.0 Å². The molecule has 0 radical (unpaired) electrons. The van der Waals surface area contributed by atoms with Gasteiger partial charge in [0, 0.05) is 0 Å². The molecule has 0 saturated carbocycles. The van der Waals surface area contributed by atoms with Crippen molar-refractivity contribution in [2.45, 2.75) is 0 Å². The zero-order valence-corrected chi connectivity index (χ0v) is 20.0. The van der Waals surface area contributed by atoms with Gasteiger partial charge in [-0.15, -0.1) is 0 Å². The van der Waals surface area contributed by atoms with Crippen LogP contribution in [0.2, 0.25) is 0 Å². The number of carbonyl (C=O) groups excluding carboxylic acids is 1. The van der Waals surface area contributed by atoms with Crippen molar-refractivity contribution in [2.24, 2.45) is 0 Å². The first kappa shape index (κ1) is 23.5. The van der Waals surface area contributed by atoms with Gasteiger partial charge in [-0.2, -0.15) is 0 Å². The highest BCUT2D eigenvalue weighted by molar-refractivity contribution is 6.04. The van der Waals surface area contributed by atoms with Crippen molar-refractivity contribution in [3.8, 4) is 5.75 Å². The van der Waals surface area contributed by atoms with Gasteiger partial charge in [0.15, 0.2) is 5.69 Å². The minimum Gasteiger partial charge on any atom is -0.423 e. The molecule has 0 unspecified atom stereocenters. The van der Waals surface area contributed by atoms with Crippen molar-refractivity contribution in [3.05, 3.63) is 179 Å². The summed E-state index contributed by atoms with van der Waals surface area (Å²) in [5, 5.41) is 0. The number of esters is 1. The Kier molecular flexibility index (Phi) is 7.02. The average Bonchev–Trinajstić information content (AvgIpc) is 2.98. The lowest BCUT2D eigenvalue weighted by Crippen LogP contribution is -2.08. The van der Waals surface area contributed by atoms with Gasteiger partial charge >= 0.3 is 5.97 Å². The second-order valence-electron chi connectivity index (χ2n) is 8.42. The zero-order chi connectivity index (χ0) is 25.5. The van der Waals surface area contributed by atoms with E-state index >= 15 is 0 Å². The second-order valence-corrected chi connectivity index (χ2v) is 8.42. The third-order valence-corrected chi connectivity index (χ3v) is 6.02. The van der Waals surface area contributed by atoms with E-state index in [9.17, 15) is 4.79 Å². The van der Waals surface area contributed by atoms with E-state index < -0.39 is 5.97 Å². The SMILES string of the molecule is [C-]#[N+]c1ccc(C(=O)Oc2ccc(C(=C(c3ccccc3)c3ccccc3)c3ccccc3)cc2)cc1. The molecule has 176 valence electrons. The lowest BCUT2D eigenvalue weighted by Gasteiger charge is -2.18. The molecule has 5 aromatic rings. The topological polar surface area (TPSA) is 30.7 Å². The standard InChI is InChI=1S/C34H23NO2/c1-35-30-21-17-29(18-22-30)34(36)37-31-23-19-28(20-24-31)33(27-15-9-4-10-16-27)32(25-11-5-2-6-12-25)26-13-7-3-8-14-26/h2-24H. The number of rotatable bonds is 6. The molecule has 0 fully saturated rings. The molecular formula is C34H23NO2. The summed E-state index contributed by atoms with van der Waals surface area (Å²) in [7, 11) is 0. The Balaban J connectivity index is 1.57. The summed E-state index contributed by atoms with van der Waals surface area (Å²) in [6.07, 6.45) is 0. The van der Waals surface area contributed by atoms with E-state index in [1.165, 1.54) is 0 Å². The Labute approximate surface area is 216 Å². The molecule has 5 rings (SSSR count). The molecule has 0 atom stereocenters. The minimum atomic E-state index is -0.461. The zero-order valence-electron chi connectivity index (χ0n) is 20.0. The van der Waals surface area contributed by atoms with Gasteiger partial charge in [-0.05, 0) is 45.5 Å². The fraction of sp³-hybridized carbons (Fsp3) is 0. The van der Waals surface area contributed by atoms with Gasteiger partial charge in [0.1, 0.15) is 5.75 Å². The maximum Gasteiger partial charge on any atom is 0.343 e. The molecule has 5 aromatic carbocycles. The molecule has 0 heterocycles. The Morgan fingerprint density at radius 1 is 0.486 bits per heavy atom. The van der Waals surface area contributed by atoms with E-state index in [2.05, 4.69) is 41.2 Å². The van der Waals surface area contributed by atoms with Gasteiger partial charge < -0.3 is 4.74 Å². The van der Waals surface area contributed by atoms with Crippen molar-refractivity contribution in [1.82, 2.24) is 0 Å². The maximum atomic E-state index is 12.6. The highest BCUT2D eigenvalue weighted by Crippen LogP contribution is 2.37. The van der Waals surface area contributed by atoms with Crippen LogP contribution in [0.1, 0.15) is 32.6 Å². The predicted molar refractivity (Wildman–Crippen MR) is 148 cm³/mol. The summed E-state index contributed by atoms with van der Waals surface area (Å²) in [6.45, 7) is 7.06. The van der Waals surface area contributed by atoms with Gasteiger partial charge in [0.05, 0.1) is 12.1 Å². The second kappa shape index (κ2) is 11.0. The normalized spacial score (nSPS) is 10.2. The van der Waals surface area contributed by atoms with Crippen molar-refractivity contribution >= 4 is 22.8 Å². The first-order chi connectivity index (χ1) is 18.2. The predicted octanol–water partition coefficient (Wildman–Crippen LogP) is 8.46. The minimum absolute atomic E-state index is 0.400. The Bertz CT molecular complexity index is 1520. The van der Waals surface area contributed by atoms with Crippen molar-refractivity contribution in [3.63, 3.8) is 0 Å². The van der Waals surface area contributed by atoms with E-state index in [1.807, 2.05) is 78.9 Å². The van der Waals surface area contributed by atoms with Crippen LogP contribution in [0, 0.1) is 6.57 Å². The molecule has 0 bridgehead atoms. The number of hydrogen-bond acceptors (Lipinski definition) is 2. The number of carbonyl (C=O) groups is 1. The van der Waals surface area contributed by atoms with Crippen molar-refractivity contribution < 1.29 is 9.53 Å².